The number of carbonyl (C=O) groups excluding carboxylic acids is 1. The van der Waals surface area contributed by atoms with E-state index in [2.05, 4.69) is 5.32 Å². The van der Waals surface area contributed by atoms with Gasteiger partial charge in [-0.2, -0.15) is 0 Å². The summed E-state index contributed by atoms with van der Waals surface area (Å²) in [6.45, 7) is 1.08. The molecule has 0 spiro atoms. The molecular formula is C18H21N3O7S2. The number of nitrogens with one attached hydrogen (secondary N) is 1. The van der Waals surface area contributed by atoms with E-state index in [9.17, 15) is 31.7 Å². The minimum atomic E-state index is -3.89. The van der Waals surface area contributed by atoms with Gasteiger partial charge in [-0.1, -0.05) is 18.2 Å². The van der Waals surface area contributed by atoms with Crippen molar-refractivity contribution in [2.24, 2.45) is 0 Å². The molecule has 0 radical (unpaired) electrons. The van der Waals surface area contributed by atoms with Crippen molar-refractivity contribution in [3.63, 3.8) is 0 Å². The molecule has 2 rings (SSSR count). The maximum absolute atomic E-state index is 12.5. The van der Waals surface area contributed by atoms with Gasteiger partial charge in [0.05, 0.1) is 27.8 Å². The number of amides is 1. The molecule has 30 heavy (non-hydrogen) atoms. The molecule has 0 bridgehead atoms. The van der Waals surface area contributed by atoms with E-state index in [-0.39, 0.29) is 16.3 Å². The van der Waals surface area contributed by atoms with E-state index in [0.717, 1.165) is 22.9 Å². The van der Waals surface area contributed by atoms with E-state index < -0.39 is 43.3 Å². The number of sulfone groups is 1. The number of nitro benzene ring substituents is 1. The lowest BCUT2D eigenvalue weighted by atomic mass is 10.1. The zero-order chi connectivity index (χ0) is 22.7. The highest BCUT2D eigenvalue weighted by Gasteiger charge is 2.23. The van der Waals surface area contributed by atoms with Crippen molar-refractivity contribution < 1.29 is 26.6 Å². The van der Waals surface area contributed by atoms with Gasteiger partial charge in [0.15, 0.2) is 9.84 Å². The molecule has 0 fully saturated rings. The number of sulfonamides is 1. The van der Waals surface area contributed by atoms with Gasteiger partial charge in [0.1, 0.15) is 6.54 Å². The van der Waals surface area contributed by atoms with Gasteiger partial charge in [0.25, 0.3) is 5.69 Å². The van der Waals surface area contributed by atoms with Crippen molar-refractivity contribution in [1.29, 1.82) is 0 Å². The van der Waals surface area contributed by atoms with Crippen LogP contribution >= 0.6 is 0 Å². The van der Waals surface area contributed by atoms with E-state index in [1.165, 1.54) is 30.3 Å². The van der Waals surface area contributed by atoms with Crippen LogP contribution in [0.2, 0.25) is 0 Å². The van der Waals surface area contributed by atoms with Crippen molar-refractivity contribution in [3.8, 4) is 0 Å². The van der Waals surface area contributed by atoms with Crippen LogP contribution in [0.15, 0.2) is 53.4 Å². The Morgan fingerprint density at radius 3 is 2.20 bits per heavy atom. The number of hydrogen-bond acceptors (Lipinski definition) is 7. The van der Waals surface area contributed by atoms with Crippen LogP contribution in [0.5, 0.6) is 0 Å². The van der Waals surface area contributed by atoms with Crippen LogP contribution in [0.1, 0.15) is 18.5 Å². The monoisotopic (exact) mass is 455 g/mol. The summed E-state index contributed by atoms with van der Waals surface area (Å²) in [5, 5.41) is 13.6. The normalized spacial score (nSPS) is 12.8. The Balaban J connectivity index is 2.18. The number of benzene rings is 2. The number of rotatable bonds is 8. The van der Waals surface area contributed by atoms with Crippen LogP contribution in [0.3, 0.4) is 0 Å². The largest absolute Gasteiger partial charge is 0.348 e. The molecule has 0 unspecified atom stereocenters. The van der Waals surface area contributed by atoms with E-state index in [0.29, 0.717) is 5.56 Å². The van der Waals surface area contributed by atoms with E-state index >= 15 is 0 Å². The second-order valence-corrected chi connectivity index (χ2v) is 10.6. The molecule has 1 atom stereocenters. The number of hydrogen-bond donors (Lipinski definition) is 1. The first-order valence-electron chi connectivity index (χ1n) is 8.60. The maximum atomic E-state index is 12.5. The van der Waals surface area contributed by atoms with Crippen LogP contribution in [0, 0.1) is 10.1 Å². The molecule has 0 aliphatic heterocycles. The summed E-state index contributed by atoms with van der Waals surface area (Å²) in [6, 6.07) is 10.4. The Hall–Kier alpha value is -2.99. The minimum absolute atomic E-state index is 0.00740. The molecule has 2 aromatic carbocycles. The Kier molecular flexibility index (Phi) is 6.83. The van der Waals surface area contributed by atoms with Gasteiger partial charge < -0.3 is 5.32 Å². The second-order valence-electron chi connectivity index (χ2n) is 6.68. The standard InChI is InChI=1S/C18H21N3O7S2/c1-13(14-7-9-17(10-8-14)29(2,25)26)19-18(22)12-20(30(3,27)28)15-5-4-6-16(11-15)21(23)24/h4-11,13H,12H2,1-3H3,(H,19,22)/t13-/m1/s1. The quantitative estimate of drug-likeness (QED) is 0.471. The smallest absolute Gasteiger partial charge is 0.271 e. The maximum Gasteiger partial charge on any atom is 0.271 e. The Labute approximate surface area is 174 Å². The minimum Gasteiger partial charge on any atom is -0.348 e. The average molecular weight is 456 g/mol. The van der Waals surface area contributed by atoms with Crippen molar-refractivity contribution in [3.05, 3.63) is 64.2 Å². The fraction of sp³-hybridized carbons (Fsp3) is 0.278. The van der Waals surface area contributed by atoms with Crippen molar-refractivity contribution in [1.82, 2.24) is 5.32 Å². The van der Waals surface area contributed by atoms with Gasteiger partial charge >= 0.3 is 0 Å². The van der Waals surface area contributed by atoms with Crippen molar-refractivity contribution in [2.45, 2.75) is 17.9 Å². The van der Waals surface area contributed by atoms with E-state index in [1.807, 2.05) is 0 Å². The molecule has 0 saturated heterocycles. The molecule has 162 valence electrons. The lowest BCUT2D eigenvalue weighted by Gasteiger charge is -2.23. The van der Waals surface area contributed by atoms with Crippen LogP contribution in [-0.4, -0.2) is 46.7 Å². The molecule has 1 amide bonds. The summed E-state index contributed by atoms with van der Waals surface area (Å²) >= 11 is 0. The van der Waals surface area contributed by atoms with Crippen LogP contribution in [0.4, 0.5) is 11.4 Å². The van der Waals surface area contributed by atoms with Crippen LogP contribution in [0.25, 0.3) is 0 Å². The molecule has 0 aromatic heterocycles. The number of non-ortho nitro benzene ring substituents is 1. The van der Waals surface area contributed by atoms with E-state index in [4.69, 9.17) is 0 Å². The number of nitrogens with zero attached hydrogens (tertiary/aromatic N) is 2. The SMILES string of the molecule is C[C@@H](NC(=O)CN(c1cccc([N+](=O)[O-])c1)S(C)(=O)=O)c1ccc(S(C)(=O)=O)cc1. The molecule has 10 nitrogen and oxygen atoms in total. The first kappa shape index (κ1) is 23.3. The predicted molar refractivity (Wildman–Crippen MR) is 111 cm³/mol. The average Bonchev–Trinajstić information content (AvgIpc) is 2.64. The number of anilines is 1. The summed E-state index contributed by atoms with van der Waals surface area (Å²) in [7, 11) is -7.24. The molecule has 0 aliphatic carbocycles. The van der Waals surface area contributed by atoms with E-state index in [1.54, 1.807) is 19.1 Å². The summed E-state index contributed by atoms with van der Waals surface area (Å²) in [6.07, 6.45) is 1.98. The van der Waals surface area contributed by atoms with Crippen molar-refractivity contribution in [2.75, 3.05) is 23.4 Å². The molecule has 1 N–H and O–H groups in total. The fourth-order valence-electron chi connectivity index (χ4n) is 2.67. The summed E-state index contributed by atoms with van der Waals surface area (Å²) in [5.74, 6) is -0.633. The Bertz CT molecular complexity index is 1160. The third kappa shape index (κ3) is 6.00. The summed E-state index contributed by atoms with van der Waals surface area (Å²) in [5.41, 5.74) is 0.310. The third-order valence-electron chi connectivity index (χ3n) is 4.20. The summed E-state index contributed by atoms with van der Waals surface area (Å²) < 4.78 is 48.1. The molecule has 0 saturated carbocycles. The van der Waals surface area contributed by atoms with Crippen molar-refractivity contribution >= 4 is 37.1 Å². The van der Waals surface area contributed by atoms with Gasteiger partial charge in [-0.15, -0.1) is 0 Å². The molecule has 0 heterocycles. The highest BCUT2D eigenvalue weighted by molar-refractivity contribution is 7.92. The van der Waals surface area contributed by atoms with Gasteiger partial charge in [-0.25, -0.2) is 16.8 Å². The molecule has 12 heteroatoms. The lowest BCUT2D eigenvalue weighted by Crippen LogP contribution is -2.41. The second kappa shape index (κ2) is 8.79. The molecular weight excluding hydrogens is 434 g/mol. The van der Waals surface area contributed by atoms with Crippen LogP contribution < -0.4 is 9.62 Å². The molecule has 0 aliphatic rings. The highest BCUT2D eigenvalue weighted by Crippen LogP contribution is 2.23. The Morgan fingerprint density at radius 2 is 1.70 bits per heavy atom. The first-order chi connectivity index (χ1) is 13.8. The van der Waals surface area contributed by atoms with Crippen LogP contribution in [-0.2, 0) is 24.7 Å². The van der Waals surface area contributed by atoms with Gasteiger partial charge in [0, 0.05) is 18.4 Å². The number of carbonyl (C=O) groups is 1. The molecule has 2 aromatic rings. The lowest BCUT2D eigenvalue weighted by molar-refractivity contribution is -0.384. The van der Waals surface area contributed by atoms with Gasteiger partial charge in [-0.05, 0) is 30.7 Å². The van der Waals surface area contributed by atoms with Gasteiger partial charge in [-0.3, -0.25) is 19.2 Å². The predicted octanol–water partition coefficient (Wildman–Crippen LogP) is 1.64. The zero-order valence-electron chi connectivity index (χ0n) is 16.5. The zero-order valence-corrected chi connectivity index (χ0v) is 18.1. The fourth-order valence-corrected chi connectivity index (χ4v) is 4.15. The number of nitro groups is 1. The third-order valence-corrected chi connectivity index (χ3v) is 6.47. The summed E-state index contributed by atoms with van der Waals surface area (Å²) in [4.78, 5) is 22.9. The highest BCUT2D eigenvalue weighted by atomic mass is 32.2. The topological polar surface area (TPSA) is 144 Å². The Morgan fingerprint density at radius 1 is 1.10 bits per heavy atom. The van der Waals surface area contributed by atoms with Gasteiger partial charge in [0.2, 0.25) is 15.9 Å². The first-order valence-corrected chi connectivity index (χ1v) is 12.3.